The van der Waals surface area contributed by atoms with Crippen LogP contribution in [0.1, 0.15) is 20.0 Å². The third-order valence-electron chi connectivity index (χ3n) is 3.89. The van der Waals surface area contributed by atoms with Gasteiger partial charge in [0.25, 0.3) is 5.91 Å². The minimum Gasteiger partial charge on any atom is -0.355 e. The molecule has 1 aliphatic rings. The van der Waals surface area contributed by atoms with Crippen molar-refractivity contribution in [3.63, 3.8) is 0 Å². The molecule has 0 fully saturated rings. The summed E-state index contributed by atoms with van der Waals surface area (Å²) >= 11 is 2.24. The average molecular weight is 404 g/mol. The Morgan fingerprint density at radius 1 is 1.32 bits per heavy atom. The molecule has 6 heteroatoms. The maximum absolute atomic E-state index is 11.9. The molecule has 4 rings (SSSR count). The minimum absolute atomic E-state index is 0.00840. The van der Waals surface area contributed by atoms with Crippen molar-refractivity contribution in [1.82, 2.24) is 15.1 Å². The fourth-order valence-corrected chi connectivity index (χ4v) is 3.76. The third kappa shape index (κ3) is 2.06. The van der Waals surface area contributed by atoms with Crippen molar-refractivity contribution in [2.75, 3.05) is 5.32 Å². The molecule has 2 N–H and O–H groups in total. The highest BCUT2D eigenvalue weighted by molar-refractivity contribution is 14.1. The van der Waals surface area contributed by atoms with Crippen LogP contribution in [0.4, 0.5) is 11.4 Å². The van der Waals surface area contributed by atoms with Gasteiger partial charge in [0.05, 0.1) is 11.7 Å². The van der Waals surface area contributed by atoms with Gasteiger partial charge in [-0.1, -0.05) is 28.7 Å². The molecule has 2 heterocycles. The Morgan fingerprint density at radius 2 is 2.18 bits per heavy atom. The lowest BCUT2D eigenvalue weighted by Gasteiger charge is -2.12. The number of hydrogen-bond donors (Lipinski definition) is 2. The third-order valence-corrected chi connectivity index (χ3v) is 4.82. The van der Waals surface area contributed by atoms with E-state index in [1.165, 1.54) is 0 Å². The van der Waals surface area contributed by atoms with Gasteiger partial charge < -0.3 is 10.6 Å². The Kier molecular flexibility index (Phi) is 3.07. The van der Waals surface area contributed by atoms with Crippen LogP contribution in [0.2, 0.25) is 0 Å². The highest BCUT2D eigenvalue weighted by Crippen LogP contribution is 2.37. The van der Waals surface area contributed by atoms with E-state index in [1.54, 1.807) is 0 Å². The van der Waals surface area contributed by atoms with Crippen molar-refractivity contribution < 1.29 is 4.79 Å². The second-order valence-corrected chi connectivity index (χ2v) is 6.52. The zero-order valence-electron chi connectivity index (χ0n) is 11.8. The van der Waals surface area contributed by atoms with E-state index in [2.05, 4.69) is 44.4 Å². The molecule has 3 aromatic rings. The van der Waals surface area contributed by atoms with Gasteiger partial charge in [-0.05, 0) is 30.3 Å². The first-order chi connectivity index (χ1) is 10.6. The molecule has 1 aliphatic heterocycles. The van der Waals surface area contributed by atoms with Gasteiger partial charge in [-0.25, -0.2) is 0 Å². The zero-order valence-corrected chi connectivity index (χ0v) is 14.0. The smallest absolute Gasteiger partial charge is 0.252 e. The molecule has 0 saturated carbocycles. The van der Waals surface area contributed by atoms with Crippen molar-refractivity contribution >= 4 is 50.8 Å². The van der Waals surface area contributed by atoms with Crippen LogP contribution in [0, 0.1) is 0 Å². The van der Waals surface area contributed by atoms with Gasteiger partial charge >= 0.3 is 0 Å². The van der Waals surface area contributed by atoms with Crippen molar-refractivity contribution in [1.29, 1.82) is 0 Å². The minimum atomic E-state index is -0.0132. The number of carbonyl (C=O) groups excluding carboxylic acids is 1. The van der Waals surface area contributed by atoms with Crippen LogP contribution >= 0.6 is 22.6 Å². The summed E-state index contributed by atoms with van der Waals surface area (Å²) in [6, 6.07) is 11.9. The van der Waals surface area contributed by atoms with Gasteiger partial charge in [-0.3, -0.25) is 9.48 Å². The molecule has 110 valence electrons. The van der Waals surface area contributed by atoms with Crippen molar-refractivity contribution in [2.24, 2.45) is 7.05 Å². The molecule has 1 aromatic heterocycles. The summed E-state index contributed by atoms with van der Waals surface area (Å²) in [6.45, 7) is 0. The SMILES string of the molecule is Cn1ncc2cc(Nc3cccc4c3C(I)NC4=O)ccc21. The first-order valence-electron chi connectivity index (χ1n) is 6.90. The number of hydrogen-bond acceptors (Lipinski definition) is 3. The maximum atomic E-state index is 11.9. The molecular weight excluding hydrogens is 391 g/mol. The van der Waals surface area contributed by atoms with Crippen molar-refractivity contribution in [3.8, 4) is 0 Å². The van der Waals surface area contributed by atoms with E-state index in [1.807, 2.05) is 48.3 Å². The van der Waals surface area contributed by atoms with Crippen molar-refractivity contribution in [2.45, 2.75) is 4.05 Å². The van der Waals surface area contributed by atoms with Gasteiger partial charge in [0.1, 0.15) is 4.05 Å². The van der Waals surface area contributed by atoms with Gasteiger partial charge in [-0.15, -0.1) is 0 Å². The number of carbonyl (C=O) groups is 1. The van der Waals surface area contributed by atoms with Crippen LogP contribution in [0.3, 0.4) is 0 Å². The van der Waals surface area contributed by atoms with E-state index in [0.717, 1.165) is 33.4 Å². The first-order valence-corrected chi connectivity index (χ1v) is 8.15. The quantitative estimate of drug-likeness (QED) is 0.391. The molecule has 0 saturated heterocycles. The molecule has 0 bridgehead atoms. The van der Waals surface area contributed by atoms with E-state index in [4.69, 9.17) is 0 Å². The highest BCUT2D eigenvalue weighted by atomic mass is 127. The summed E-state index contributed by atoms with van der Waals surface area (Å²) < 4.78 is 1.84. The van der Waals surface area contributed by atoms with Crippen LogP contribution in [0.15, 0.2) is 42.6 Å². The predicted octanol–water partition coefficient (Wildman–Crippen LogP) is 3.49. The van der Waals surface area contributed by atoms with Crippen LogP contribution in [-0.4, -0.2) is 15.7 Å². The van der Waals surface area contributed by atoms with Gasteiger partial charge in [0.2, 0.25) is 0 Å². The standard InChI is InChI=1S/C16H13IN4O/c1-21-13-6-5-10(7-9(13)8-18-21)19-12-4-2-3-11-14(12)15(17)20-16(11)22/h2-8,15,19H,1H3,(H,20,22). The predicted molar refractivity (Wildman–Crippen MR) is 94.7 cm³/mol. The summed E-state index contributed by atoms with van der Waals surface area (Å²) in [5.41, 5.74) is 4.79. The molecule has 0 radical (unpaired) electrons. The van der Waals surface area contributed by atoms with Gasteiger partial charge in [0.15, 0.2) is 0 Å². The Morgan fingerprint density at radius 3 is 3.05 bits per heavy atom. The van der Waals surface area contributed by atoms with E-state index >= 15 is 0 Å². The van der Waals surface area contributed by atoms with Crippen molar-refractivity contribution in [3.05, 3.63) is 53.7 Å². The number of aromatic nitrogens is 2. The molecule has 1 amide bonds. The summed E-state index contributed by atoms with van der Waals surface area (Å²) in [4.78, 5) is 11.9. The topological polar surface area (TPSA) is 59.0 Å². The van der Waals surface area contributed by atoms with Gasteiger partial charge in [0, 0.05) is 34.9 Å². The monoisotopic (exact) mass is 404 g/mol. The second-order valence-electron chi connectivity index (χ2n) is 5.27. The number of benzene rings is 2. The molecule has 0 aliphatic carbocycles. The van der Waals surface area contributed by atoms with Crippen LogP contribution < -0.4 is 10.6 Å². The molecule has 22 heavy (non-hydrogen) atoms. The largest absolute Gasteiger partial charge is 0.355 e. The van der Waals surface area contributed by atoms with E-state index in [0.29, 0.717) is 0 Å². The maximum Gasteiger partial charge on any atom is 0.252 e. The Bertz CT molecular complexity index is 902. The Labute approximate surface area is 140 Å². The number of rotatable bonds is 2. The second kappa shape index (κ2) is 4.98. The number of anilines is 2. The molecule has 2 aromatic carbocycles. The normalized spacial score (nSPS) is 16.6. The Balaban J connectivity index is 1.75. The summed E-state index contributed by atoms with van der Waals surface area (Å²) in [7, 11) is 1.93. The van der Waals surface area contributed by atoms with E-state index in [9.17, 15) is 4.79 Å². The van der Waals surface area contributed by atoms with Crippen LogP contribution in [0.25, 0.3) is 10.9 Å². The number of aryl methyl sites for hydroxylation is 1. The number of halogens is 1. The number of nitrogens with one attached hydrogen (secondary N) is 2. The number of nitrogens with zero attached hydrogens (tertiary/aromatic N) is 2. The fraction of sp³-hybridized carbons (Fsp3) is 0.125. The van der Waals surface area contributed by atoms with Crippen LogP contribution in [-0.2, 0) is 7.05 Å². The number of amides is 1. The Hall–Kier alpha value is -2.09. The molecule has 1 atom stereocenters. The lowest BCUT2D eigenvalue weighted by Crippen LogP contribution is -2.14. The first kappa shape index (κ1) is 13.6. The number of fused-ring (bicyclic) bond motifs is 2. The van der Waals surface area contributed by atoms with E-state index in [-0.39, 0.29) is 9.96 Å². The molecule has 1 unspecified atom stereocenters. The molecule has 5 nitrogen and oxygen atoms in total. The van der Waals surface area contributed by atoms with Gasteiger partial charge in [-0.2, -0.15) is 5.10 Å². The highest BCUT2D eigenvalue weighted by Gasteiger charge is 2.28. The summed E-state index contributed by atoms with van der Waals surface area (Å²) in [6.07, 6.45) is 1.85. The van der Waals surface area contributed by atoms with E-state index < -0.39 is 0 Å². The lowest BCUT2D eigenvalue weighted by molar-refractivity contribution is 0.0966. The summed E-state index contributed by atoms with van der Waals surface area (Å²) in [5.74, 6) is -0.0132. The lowest BCUT2D eigenvalue weighted by atomic mass is 10.1. The van der Waals surface area contributed by atoms with Crippen LogP contribution in [0.5, 0.6) is 0 Å². The summed E-state index contributed by atoms with van der Waals surface area (Å²) in [5, 5.41) is 11.7. The zero-order chi connectivity index (χ0) is 15.3. The number of alkyl halides is 1. The average Bonchev–Trinajstić information content (AvgIpc) is 3.01. The fourth-order valence-electron chi connectivity index (χ4n) is 2.81. The molecule has 0 spiro atoms. The molecular formula is C16H13IN4O.